The van der Waals surface area contributed by atoms with Crippen LogP contribution < -0.4 is 15.4 Å². The molecular formula is C18H22N2O2. The summed E-state index contributed by atoms with van der Waals surface area (Å²) in [5, 5.41) is 6.28. The SMILES string of the molecule is COc1ccc(NCCCCNC(=O)c2ccccc2)cc1. The molecule has 0 spiro atoms. The van der Waals surface area contributed by atoms with Gasteiger partial charge in [-0.25, -0.2) is 0 Å². The van der Waals surface area contributed by atoms with Crippen molar-refractivity contribution in [3.05, 3.63) is 60.2 Å². The van der Waals surface area contributed by atoms with Gasteiger partial charge in [0.05, 0.1) is 7.11 Å². The van der Waals surface area contributed by atoms with Crippen molar-refractivity contribution in [1.82, 2.24) is 5.32 Å². The van der Waals surface area contributed by atoms with Crippen LogP contribution in [0.3, 0.4) is 0 Å². The number of ether oxygens (including phenoxy) is 1. The maximum absolute atomic E-state index is 11.8. The molecule has 0 unspecified atom stereocenters. The zero-order valence-corrected chi connectivity index (χ0v) is 12.8. The minimum atomic E-state index is -0.0105. The van der Waals surface area contributed by atoms with E-state index in [0.717, 1.165) is 30.8 Å². The Morgan fingerprint density at radius 1 is 0.955 bits per heavy atom. The molecule has 0 saturated heterocycles. The standard InChI is InChI=1S/C18H22N2O2/c1-22-17-11-9-16(10-12-17)19-13-5-6-14-20-18(21)15-7-3-2-4-8-15/h2-4,7-12,19H,5-6,13-14H2,1H3,(H,20,21). The Balaban J connectivity index is 1.58. The summed E-state index contributed by atoms with van der Waals surface area (Å²) < 4.78 is 5.12. The third kappa shape index (κ3) is 5.13. The first-order chi connectivity index (χ1) is 10.8. The smallest absolute Gasteiger partial charge is 0.251 e. The molecule has 4 nitrogen and oxygen atoms in total. The lowest BCUT2D eigenvalue weighted by Gasteiger charge is -2.08. The summed E-state index contributed by atoms with van der Waals surface area (Å²) in [6.45, 7) is 1.57. The van der Waals surface area contributed by atoms with E-state index < -0.39 is 0 Å². The van der Waals surface area contributed by atoms with E-state index in [1.807, 2.05) is 54.6 Å². The summed E-state index contributed by atoms with van der Waals surface area (Å²) in [5.41, 5.74) is 1.79. The van der Waals surface area contributed by atoms with Gasteiger partial charge in [0.25, 0.3) is 5.91 Å². The highest BCUT2D eigenvalue weighted by Crippen LogP contribution is 2.14. The maximum Gasteiger partial charge on any atom is 0.251 e. The van der Waals surface area contributed by atoms with Crippen LogP contribution >= 0.6 is 0 Å². The average molecular weight is 298 g/mol. The fourth-order valence-corrected chi connectivity index (χ4v) is 2.09. The predicted molar refractivity (Wildman–Crippen MR) is 89.5 cm³/mol. The molecule has 2 N–H and O–H groups in total. The van der Waals surface area contributed by atoms with E-state index in [1.54, 1.807) is 7.11 Å². The molecule has 0 aliphatic carbocycles. The molecule has 22 heavy (non-hydrogen) atoms. The van der Waals surface area contributed by atoms with Crippen LogP contribution in [-0.2, 0) is 0 Å². The summed E-state index contributed by atoms with van der Waals surface area (Å²) in [6.07, 6.45) is 1.95. The highest BCUT2D eigenvalue weighted by Gasteiger charge is 2.02. The molecule has 0 aromatic heterocycles. The second-order valence-electron chi connectivity index (χ2n) is 4.98. The summed E-state index contributed by atoms with van der Waals surface area (Å²) in [4.78, 5) is 11.8. The number of anilines is 1. The van der Waals surface area contributed by atoms with Crippen molar-refractivity contribution >= 4 is 11.6 Å². The van der Waals surface area contributed by atoms with Gasteiger partial charge in [-0.1, -0.05) is 18.2 Å². The third-order valence-corrected chi connectivity index (χ3v) is 3.34. The van der Waals surface area contributed by atoms with Gasteiger partial charge in [-0.15, -0.1) is 0 Å². The molecule has 0 aliphatic rings. The van der Waals surface area contributed by atoms with Crippen molar-refractivity contribution in [2.45, 2.75) is 12.8 Å². The van der Waals surface area contributed by atoms with Crippen LogP contribution in [0.1, 0.15) is 23.2 Å². The lowest BCUT2D eigenvalue weighted by molar-refractivity contribution is 0.0953. The molecule has 2 rings (SSSR count). The van der Waals surface area contributed by atoms with Gasteiger partial charge in [0, 0.05) is 24.3 Å². The number of hydrogen-bond donors (Lipinski definition) is 2. The molecule has 116 valence electrons. The van der Waals surface area contributed by atoms with Gasteiger partial charge >= 0.3 is 0 Å². The molecule has 0 heterocycles. The zero-order chi connectivity index (χ0) is 15.6. The quantitative estimate of drug-likeness (QED) is 0.735. The van der Waals surface area contributed by atoms with Gasteiger partial charge in [-0.3, -0.25) is 4.79 Å². The Kier molecular flexibility index (Phi) is 6.30. The van der Waals surface area contributed by atoms with Crippen LogP contribution in [-0.4, -0.2) is 26.1 Å². The number of unbranched alkanes of at least 4 members (excludes halogenated alkanes) is 1. The van der Waals surface area contributed by atoms with E-state index in [1.165, 1.54) is 0 Å². The van der Waals surface area contributed by atoms with Crippen LogP contribution in [0, 0.1) is 0 Å². The largest absolute Gasteiger partial charge is 0.497 e. The normalized spacial score (nSPS) is 10.0. The van der Waals surface area contributed by atoms with Gasteiger partial charge in [0.15, 0.2) is 0 Å². The molecule has 2 aromatic carbocycles. The number of carbonyl (C=O) groups excluding carboxylic acids is 1. The van der Waals surface area contributed by atoms with Crippen molar-refractivity contribution in [1.29, 1.82) is 0 Å². The molecule has 0 atom stereocenters. The first-order valence-electron chi connectivity index (χ1n) is 7.51. The highest BCUT2D eigenvalue weighted by atomic mass is 16.5. The van der Waals surface area contributed by atoms with E-state index in [0.29, 0.717) is 12.1 Å². The van der Waals surface area contributed by atoms with Gasteiger partial charge in [0.2, 0.25) is 0 Å². The van der Waals surface area contributed by atoms with E-state index in [9.17, 15) is 4.79 Å². The summed E-state index contributed by atoms with van der Waals surface area (Å²) in [6, 6.07) is 17.1. The van der Waals surface area contributed by atoms with Gasteiger partial charge in [0.1, 0.15) is 5.75 Å². The van der Waals surface area contributed by atoms with E-state index >= 15 is 0 Å². The van der Waals surface area contributed by atoms with Crippen molar-refractivity contribution in [3.63, 3.8) is 0 Å². The Morgan fingerprint density at radius 2 is 1.64 bits per heavy atom. The second kappa shape index (κ2) is 8.72. The van der Waals surface area contributed by atoms with E-state index in [2.05, 4.69) is 10.6 Å². The molecule has 2 aromatic rings. The highest BCUT2D eigenvalue weighted by molar-refractivity contribution is 5.94. The number of amides is 1. The van der Waals surface area contributed by atoms with E-state index in [-0.39, 0.29) is 5.91 Å². The van der Waals surface area contributed by atoms with Crippen LogP contribution in [0.2, 0.25) is 0 Å². The fourth-order valence-electron chi connectivity index (χ4n) is 2.09. The second-order valence-corrected chi connectivity index (χ2v) is 4.98. The summed E-state index contributed by atoms with van der Waals surface area (Å²) in [7, 11) is 1.66. The number of carbonyl (C=O) groups is 1. The molecule has 0 aliphatic heterocycles. The molecule has 0 bridgehead atoms. The van der Waals surface area contributed by atoms with Crippen molar-refractivity contribution in [2.75, 3.05) is 25.5 Å². The molecule has 4 heteroatoms. The van der Waals surface area contributed by atoms with Crippen LogP contribution in [0.15, 0.2) is 54.6 Å². The Morgan fingerprint density at radius 3 is 2.32 bits per heavy atom. The summed E-state index contributed by atoms with van der Waals surface area (Å²) >= 11 is 0. The molecule has 0 saturated carbocycles. The van der Waals surface area contributed by atoms with Crippen molar-refractivity contribution in [3.8, 4) is 5.75 Å². The zero-order valence-electron chi connectivity index (χ0n) is 12.8. The van der Waals surface area contributed by atoms with Crippen LogP contribution in [0.25, 0.3) is 0 Å². The Labute approximate surface area is 131 Å². The molecule has 0 fully saturated rings. The van der Waals surface area contributed by atoms with Crippen LogP contribution in [0.4, 0.5) is 5.69 Å². The monoisotopic (exact) mass is 298 g/mol. The minimum absolute atomic E-state index is 0.0105. The number of nitrogens with one attached hydrogen (secondary N) is 2. The molecular weight excluding hydrogens is 276 g/mol. The first kappa shape index (κ1) is 15.9. The van der Waals surface area contributed by atoms with Crippen molar-refractivity contribution < 1.29 is 9.53 Å². The third-order valence-electron chi connectivity index (χ3n) is 3.34. The predicted octanol–water partition coefficient (Wildman–Crippen LogP) is 3.32. The molecule has 0 radical (unpaired) electrons. The van der Waals surface area contributed by atoms with Gasteiger partial charge < -0.3 is 15.4 Å². The van der Waals surface area contributed by atoms with Gasteiger partial charge in [-0.2, -0.15) is 0 Å². The van der Waals surface area contributed by atoms with Crippen LogP contribution in [0.5, 0.6) is 5.75 Å². The lowest BCUT2D eigenvalue weighted by Crippen LogP contribution is -2.24. The molecule has 1 amide bonds. The number of rotatable bonds is 8. The summed E-state index contributed by atoms with van der Waals surface area (Å²) in [5.74, 6) is 0.845. The number of benzene rings is 2. The minimum Gasteiger partial charge on any atom is -0.497 e. The lowest BCUT2D eigenvalue weighted by atomic mass is 10.2. The Hall–Kier alpha value is -2.49. The average Bonchev–Trinajstić information content (AvgIpc) is 2.59. The Bertz CT molecular complexity index is 567. The van der Waals surface area contributed by atoms with E-state index in [4.69, 9.17) is 4.74 Å². The fraction of sp³-hybridized carbons (Fsp3) is 0.278. The number of hydrogen-bond acceptors (Lipinski definition) is 3. The number of methoxy groups -OCH3 is 1. The topological polar surface area (TPSA) is 50.4 Å². The van der Waals surface area contributed by atoms with Gasteiger partial charge in [-0.05, 0) is 49.2 Å². The maximum atomic E-state index is 11.8. The first-order valence-corrected chi connectivity index (χ1v) is 7.51. The van der Waals surface area contributed by atoms with Crippen molar-refractivity contribution in [2.24, 2.45) is 0 Å².